The molecule has 0 aliphatic carbocycles. The lowest BCUT2D eigenvalue weighted by molar-refractivity contribution is 0.912. The number of halogens is 2. The summed E-state index contributed by atoms with van der Waals surface area (Å²) in [6, 6.07) is 7.44. The average Bonchev–Trinajstić information content (AvgIpc) is 2.97. The van der Waals surface area contributed by atoms with Crippen LogP contribution in [0.3, 0.4) is 0 Å². The molecule has 2 heterocycles. The molecule has 0 amide bonds. The van der Waals surface area contributed by atoms with Crippen LogP contribution in [0.25, 0.3) is 0 Å². The van der Waals surface area contributed by atoms with Crippen molar-refractivity contribution in [3.63, 3.8) is 0 Å². The van der Waals surface area contributed by atoms with Crippen molar-refractivity contribution in [2.24, 2.45) is 0 Å². The molecule has 1 aliphatic heterocycles. The van der Waals surface area contributed by atoms with E-state index in [2.05, 4.69) is 20.2 Å². The molecular formula is C15H16Cl2N4. The highest BCUT2D eigenvalue weighted by molar-refractivity contribution is 6.43. The third-order valence-electron chi connectivity index (χ3n) is 3.47. The summed E-state index contributed by atoms with van der Waals surface area (Å²) < 4.78 is 0. The van der Waals surface area contributed by atoms with E-state index in [1.165, 1.54) is 12.8 Å². The van der Waals surface area contributed by atoms with Crippen molar-refractivity contribution in [2.75, 3.05) is 23.3 Å². The average molecular weight is 323 g/mol. The molecule has 0 radical (unpaired) electrons. The zero-order valence-electron chi connectivity index (χ0n) is 11.7. The van der Waals surface area contributed by atoms with Gasteiger partial charge in [-0.3, -0.25) is 0 Å². The number of benzene rings is 1. The third-order valence-corrected chi connectivity index (χ3v) is 4.29. The summed E-state index contributed by atoms with van der Waals surface area (Å²) in [6.07, 6.45) is 2.43. The van der Waals surface area contributed by atoms with E-state index in [-0.39, 0.29) is 0 Å². The van der Waals surface area contributed by atoms with Gasteiger partial charge in [0.2, 0.25) is 0 Å². The number of aromatic nitrogens is 2. The van der Waals surface area contributed by atoms with Crippen LogP contribution in [0.4, 0.5) is 17.3 Å². The van der Waals surface area contributed by atoms with Gasteiger partial charge >= 0.3 is 0 Å². The molecule has 6 heteroatoms. The van der Waals surface area contributed by atoms with Gasteiger partial charge in [0.25, 0.3) is 0 Å². The van der Waals surface area contributed by atoms with Crippen molar-refractivity contribution in [3.8, 4) is 0 Å². The lowest BCUT2D eigenvalue weighted by Gasteiger charge is -2.18. The van der Waals surface area contributed by atoms with Crippen LogP contribution in [0, 0.1) is 6.92 Å². The van der Waals surface area contributed by atoms with Gasteiger partial charge < -0.3 is 10.2 Å². The van der Waals surface area contributed by atoms with Crippen LogP contribution in [0.2, 0.25) is 10.0 Å². The van der Waals surface area contributed by atoms with Gasteiger partial charge in [-0.25, -0.2) is 9.97 Å². The zero-order valence-corrected chi connectivity index (χ0v) is 13.2. The van der Waals surface area contributed by atoms with Crippen LogP contribution in [-0.4, -0.2) is 23.1 Å². The zero-order chi connectivity index (χ0) is 14.8. The molecule has 0 saturated carbocycles. The SMILES string of the molecule is Cc1nc(Nc2cccc(Cl)c2Cl)cc(N2CCCC2)n1. The molecule has 110 valence electrons. The molecular weight excluding hydrogens is 307 g/mol. The maximum absolute atomic E-state index is 6.20. The van der Waals surface area contributed by atoms with Gasteiger partial charge in [-0.15, -0.1) is 0 Å². The highest BCUT2D eigenvalue weighted by atomic mass is 35.5. The predicted octanol–water partition coefficient (Wildman–Crippen LogP) is 4.44. The van der Waals surface area contributed by atoms with Crippen LogP contribution < -0.4 is 10.2 Å². The summed E-state index contributed by atoms with van der Waals surface area (Å²) in [5, 5.41) is 4.24. The molecule has 21 heavy (non-hydrogen) atoms. The number of anilines is 3. The van der Waals surface area contributed by atoms with Gasteiger partial charge in [0, 0.05) is 19.2 Å². The van der Waals surface area contributed by atoms with E-state index in [1.54, 1.807) is 6.07 Å². The van der Waals surface area contributed by atoms with Crippen LogP contribution in [-0.2, 0) is 0 Å². The number of rotatable bonds is 3. The molecule has 1 aliphatic rings. The minimum absolute atomic E-state index is 0.498. The number of nitrogens with one attached hydrogen (secondary N) is 1. The van der Waals surface area contributed by atoms with Crippen molar-refractivity contribution in [1.82, 2.24) is 9.97 Å². The lowest BCUT2D eigenvalue weighted by atomic mass is 10.3. The van der Waals surface area contributed by atoms with Gasteiger partial charge in [0.15, 0.2) is 0 Å². The highest BCUT2D eigenvalue weighted by Crippen LogP contribution is 2.32. The highest BCUT2D eigenvalue weighted by Gasteiger charge is 2.15. The van der Waals surface area contributed by atoms with E-state index >= 15 is 0 Å². The van der Waals surface area contributed by atoms with E-state index in [4.69, 9.17) is 23.2 Å². The molecule has 1 fully saturated rings. The standard InChI is InChI=1S/C15H16Cl2N4/c1-10-18-13(9-14(19-10)21-7-2-3-8-21)20-12-6-4-5-11(16)15(12)17/h4-6,9H,2-3,7-8H2,1H3,(H,18,19,20). The Bertz CT molecular complexity index is 654. The molecule has 0 unspecified atom stereocenters. The molecule has 1 saturated heterocycles. The third kappa shape index (κ3) is 3.22. The number of nitrogens with zero attached hydrogens (tertiary/aromatic N) is 3. The minimum Gasteiger partial charge on any atom is -0.356 e. The molecule has 1 aromatic heterocycles. The Morgan fingerprint density at radius 3 is 2.67 bits per heavy atom. The van der Waals surface area contributed by atoms with Crippen LogP contribution >= 0.6 is 23.2 Å². The summed E-state index contributed by atoms with van der Waals surface area (Å²) in [4.78, 5) is 11.2. The van der Waals surface area contributed by atoms with Crippen LogP contribution in [0.5, 0.6) is 0 Å². The van der Waals surface area contributed by atoms with E-state index in [0.29, 0.717) is 10.0 Å². The molecule has 0 bridgehead atoms. The van der Waals surface area contributed by atoms with Crippen molar-refractivity contribution < 1.29 is 0 Å². The second kappa shape index (κ2) is 6.08. The van der Waals surface area contributed by atoms with Gasteiger partial charge in [0.05, 0.1) is 15.7 Å². The van der Waals surface area contributed by atoms with Crippen molar-refractivity contribution in [3.05, 3.63) is 40.1 Å². The van der Waals surface area contributed by atoms with Gasteiger partial charge in [-0.2, -0.15) is 0 Å². The molecule has 4 nitrogen and oxygen atoms in total. The first-order valence-corrected chi connectivity index (χ1v) is 7.71. The largest absolute Gasteiger partial charge is 0.356 e. The smallest absolute Gasteiger partial charge is 0.136 e. The molecule has 1 aromatic carbocycles. The first kappa shape index (κ1) is 14.4. The van der Waals surface area contributed by atoms with Crippen molar-refractivity contribution >= 4 is 40.5 Å². The van der Waals surface area contributed by atoms with E-state index < -0.39 is 0 Å². The maximum Gasteiger partial charge on any atom is 0.136 e. The topological polar surface area (TPSA) is 41.1 Å². The fourth-order valence-electron chi connectivity index (χ4n) is 2.46. The molecule has 1 N–H and O–H groups in total. The first-order chi connectivity index (χ1) is 10.1. The Kier molecular flexibility index (Phi) is 4.17. The monoisotopic (exact) mass is 322 g/mol. The van der Waals surface area contributed by atoms with E-state index in [0.717, 1.165) is 36.2 Å². The van der Waals surface area contributed by atoms with Gasteiger partial charge in [0.1, 0.15) is 17.5 Å². The number of hydrogen-bond acceptors (Lipinski definition) is 4. The summed E-state index contributed by atoms with van der Waals surface area (Å²) >= 11 is 12.2. The quantitative estimate of drug-likeness (QED) is 0.907. The minimum atomic E-state index is 0.498. The van der Waals surface area contributed by atoms with Crippen LogP contribution in [0.15, 0.2) is 24.3 Å². The Labute approximate surface area is 134 Å². The van der Waals surface area contributed by atoms with Gasteiger partial charge in [-0.1, -0.05) is 29.3 Å². The van der Waals surface area contributed by atoms with Crippen molar-refractivity contribution in [2.45, 2.75) is 19.8 Å². The fourth-order valence-corrected chi connectivity index (χ4v) is 2.81. The Morgan fingerprint density at radius 2 is 1.90 bits per heavy atom. The number of aryl methyl sites for hydroxylation is 1. The Hall–Kier alpha value is -1.52. The van der Waals surface area contributed by atoms with Crippen LogP contribution in [0.1, 0.15) is 18.7 Å². The maximum atomic E-state index is 6.20. The predicted molar refractivity (Wildman–Crippen MR) is 88.0 cm³/mol. The molecule has 0 spiro atoms. The van der Waals surface area contributed by atoms with Gasteiger partial charge in [-0.05, 0) is 31.9 Å². The molecule has 3 rings (SSSR count). The lowest BCUT2D eigenvalue weighted by Crippen LogP contribution is -2.19. The number of hydrogen-bond donors (Lipinski definition) is 1. The van der Waals surface area contributed by atoms with Crippen molar-refractivity contribution in [1.29, 1.82) is 0 Å². The molecule has 2 aromatic rings. The fraction of sp³-hybridized carbons (Fsp3) is 0.333. The summed E-state index contributed by atoms with van der Waals surface area (Å²) in [5.74, 6) is 2.43. The second-order valence-electron chi connectivity index (χ2n) is 5.08. The molecule has 0 atom stereocenters. The first-order valence-electron chi connectivity index (χ1n) is 6.95. The summed E-state index contributed by atoms with van der Waals surface area (Å²) in [6.45, 7) is 3.99. The normalized spacial score (nSPS) is 14.5. The van der Waals surface area contributed by atoms with E-state index in [9.17, 15) is 0 Å². The summed E-state index contributed by atoms with van der Waals surface area (Å²) in [7, 11) is 0. The second-order valence-corrected chi connectivity index (χ2v) is 5.86. The Balaban J connectivity index is 1.89. The van der Waals surface area contributed by atoms with E-state index in [1.807, 2.05) is 25.1 Å². The Morgan fingerprint density at radius 1 is 1.14 bits per heavy atom. The summed E-state index contributed by atoms with van der Waals surface area (Å²) in [5.41, 5.74) is 0.745.